The first kappa shape index (κ1) is 14.7. The van der Waals surface area contributed by atoms with Crippen LogP contribution in [0.15, 0.2) is 24.3 Å². The number of nitriles is 1. The van der Waals surface area contributed by atoms with Crippen molar-refractivity contribution in [3.05, 3.63) is 41.5 Å². The molecule has 108 valence electrons. The molecule has 0 fully saturated rings. The molecule has 0 spiro atoms. The molecule has 0 unspecified atom stereocenters. The summed E-state index contributed by atoms with van der Waals surface area (Å²) in [5.74, 6) is 1.39. The monoisotopic (exact) mass is 285 g/mol. The third-order valence-corrected chi connectivity index (χ3v) is 2.86. The molecule has 0 saturated heterocycles. The summed E-state index contributed by atoms with van der Waals surface area (Å²) in [4.78, 5) is 8.69. The lowest BCUT2D eigenvalue weighted by atomic mass is 10.2. The number of aryl methyl sites for hydroxylation is 1. The van der Waals surface area contributed by atoms with Gasteiger partial charge < -0.3 is 10.6 Å². The molecule has 0 aliphatic rings. The number of hydrogen-bond acceptors (Lipinski definition) is 5. The third-order valence-electron chi connectivity index (χ3n) is 2.86. The predicted molar refractivity (Wildman–Crippen MR) is 80.0 cm³/mol. The predicted octanol–water partition coefficient (Wildman–Crippen LogP) is 3.23. The lowest BCUT2D eigenvalue weighted by Crippen LogP contribution is -2.04. The van der Waals surface area contributed by atoms with Gasteiger partial charge in [-0.25, -0.2) is 14.4 Å². The zero-order valence-electron chi connectivity index (χ0n) is 11.9. The summed E-state index contributed by atoms with van der Waals surface area (Å²) < 4.78 is 13.9. The first-order chi connectivity index (χ1) is 10.2. The molecule has 2 aromatic rings. The quantitative estimate of drug-likeness (QED) is 0.882. The van der Waals surface area contributed by atoms with Crippen molar-refractivity contribution in [1.29, 1.82) is 5.26 Å². The van der Waals surface area contributed by atoms with E-state index < -0.39 is 5.82 Å². The molecule has 2 N–H and O–H groups in total. The average Bonchev–Trinajstić information content (AvgIpc) is 2.49. The summed E-state index contributed by atoms with van der Waals surface area (Å²) in [5, 5.41) is 14.6. The maximum absolute atomic E-state index is 13.9. The smallest absolute Gasteiger partial charge is 0.147 e. The number of anilines is 3. The summed E-state index contributed by atoms with van der Waals surface area (Å²) in [6.45, 7) is 2.04. The highest BCUT2D eigenvalue weighted by molar-refractivity contribution is 5.60. The minimum atomic E-state index is -0.490. The van der Waals surface area contributed by atoms with Gasteiger partial charge in [0.2, 0.25) is 0 Å². The second-order valence-corrected chi connectivity index (χ2v) is 4.49. The second-order valence-electron chi connectivity index (χ2n) is 4.49. The molecule has 0 saturated carbocycles. The van der Waals surface area contributed by atoms with Crippen molar-refractivity contribution in [2.24, 2.45) is 0 Å². The van der Waals surface area contributed by atoms with Crippen LogP contribution in [0.5, 0.6) is 0 Å². The zero-order valence-corrected chi connectivity index (χ0v) is 11.9. The van der Waals surface area contributed by atoms with Crippen LogP contribution in [0.25, 0.3) is 0 Å². The Hall–Kier alpha value is -2.68. The second kappa shape index (κ2) is 6.66. The highest BCUT2D eigenvalue weighted by atomic mass is 19.1. The normalized spacial score (nSPS) is 10.0. The van der Waals surface area contributed by atoms with E-state index >= 15 is 0 Å². The number of aromatic nitrogens is 2. The largest absolute Gasteiger partial charge is 0.373 e. The van der Waals surface area contributed by atoms with Gasteiger partial charge in [-0.3, -0.25) is 0 Å². The van der Waals surface area contributed by atoms with Gasteiger partial charge >= 0.3 is 0 Å². The fourth-order valence-corrected chi connectivity index (χ4v) is 1.85. The van der Waals surface area contributed by atoms with Crippen LogP contribution in [0.4, 0.5) is 21.7 Å². The van der Waals surface area contributed by atoms with Crippen LogP contribution in [0.2, 0.25) is 0 Å². The van der Waals surface area contributed by atoms with Gasteiger partial charge in [0.05, 0.1) is 17.3 Å². The van der Waals surface area contributed by atoms with E-state index in [1.807, 2.05) is 13.0 Å². The third kappa shape index (κ3) is 3.66. The van der Waals surface area contributed by atoms with Crippen molar-refractivity contribution in [3.8, 4) is 6.07 Å². The van der Waals surface area contributed by atoms with Crippen molar-refractivity contribution in [3.63, 3.8) is 0 Å². The number of nitrogens with zero attached hydrogens (tertiary/aromatic N) is 3. The lowest BCUT2D eigenvalue weighted by Gasteiger charge is -2.10. The Bertz CT molecular complexity index is 678. The minimum absolute atomic E-state index is 0.275. The molecule has 1 aromatic heterocycles. The molecule has 0 bridgehead atoms. The van der Waals surface area contributed by atoms with E-state index in [2.05, 4.69) is 20.6 Å². The van der Waals surface area contributed by atoms with Gasteiger partial charge in [0, 0.05) is 19.5 Å². The highest BCUT2D eigenvalue weighted by Crippen LogP contribution is 2.21. The van der Waals surface area contributed by atoms with Gasteiger partial charge in [0.1, 0.15) is 23.3 Å². The maximum atomic E-state index is 13.9. The molecular formula is C15H16FN5. The first-order valence-electron chi connectivity index (χ1n) is 6.68. The maximum Gasteiger partial charge on any atom is 0.147 e. The van der Waals surface area contributed by atoms with Crippen LogP contribution in [0.3, 0.4) is 0 Å². The number of rotatable bonds is 5. The molecule has 0 atom stereocenters. The Morgan fingerprint density at radius 1 is 1.24 bits per heavy atom. The molecule has 1 aromatic carbocycles. The van der Waals surface area contributed by atoms with Crippen LogP contribution in [-0.2, 0) is 6.42 Å². The Balaban J connectivity index is 2.30. The lowest BCUT2D eigenvalue weighted by molar-refractivity contribution is 0.631. The first-order valence-corrected chi connectivity index (χ1v) is 6.68. The van der Waals surface area contributed by atoms with Crippen LogP contribution in [0, 0.1) is 17.1 Å². The number of benzene rings is 1. The van der Waals surface area contributed by atoms with E-state index in [-0.39, 0.29) is 11.3 Å². The van der Waals surface area contributed by atoms with Gasteiger partial charge in [0.25, 0.3) is 0 Å². The fourth-order valence-electron chi connectivity index (χ4n) is 1.85. The Kier molecular flexibility index (Phi) is 4.67. The zero-order chi connectivity index (χ0) is 15.2. The molecule has 21 heavy (non-hydrogen) atoms. The van der Waals surface area contributed by atoms with E-state index in [0.29, 0.717) is 17.5 Å². The molecule has 0 radical (unpaired) electrons. The van der Waals surface area contributed by atoms with Crippen LogP contribution < -0.4 is 10.6 Å². The van der Waals surface area contributed by atoms with Gasteiger partial charge in [0.15, 0.2) is 0 Å². The summed E-state index contributed by atoms with van der Waals surface area (Å²) in [6, 6.07) is 7.87. The van der Waals surface area contributed by atoms with Gasteiger partial charge in [-0.2, -0.15) is 5.26 Å². The highest BCUT2D eigenvalue weighted by Gasteiger charge is 2.07. The van der Waals surface area contributed by atoms with Crippen molar-refractivity contribution >= 4 is 17.3 Å². The molecule has 0 amide bonds. The van der Waals surface area contributed by atoms with Gasteiger partial charge in [-0.15, -0.1) is 0 Å². The summed E-state index contributed by atoms with van der Waals surface area (Å²) in [5.41, 5.74) is 0.556. The van der Waals surface area contributed by atoms with Crippen molar-refractivity contribution in [2.75, 3.05) is 17.7 Å². The number of hydrogen-bond donors (Lipinski definition) is 2. The van der Waals surface area contributed by atoms with Gasteiger partial charge in [-0.05, 0) is 24.6 Å². The van der Waals surface area contributed by atoms with E-state index in [1.165, 1.54) is 12.1 Å². The molecule has 1 heterocycles. The summed E-state index contributed by atoms with van der Waals surface area (Å²) in [6.07, 6.45) is 1.68. The van der Waals surface area contributed by atoms with E-state index in [0.717, 1.165) is 12.8 Å². The Labute approximate surface area is 122 Å². The fraction of sp³-hybridized carbons (Fsp3) is 0.267. The molecule has 0 aliphatic carbocycles. The topological polar surface area (TPSA) is 73.6 Å². The van der Waals surface area contributed by atoms with E-state index in [1.54, 1.807) is 19.2 Å². The SMILES string of the molecule is CCCc1nc(NC)cc(Nc2ccc(C#N)cc2F)n1. The van der Waals surface area contributed by atoms with E-state index in [9.17, 15) is 4.39 Å². The van der Waals surface area contributed by atoms with Crippen molar-refractivity contribution in [1.82, 2.24) is 9.97 Å². The molecule has 0 aliphatic heterocycles. The molecule has 6 heteroatoms. The minimum Gasteiger partial charge on any atom is -0.373 e. The van der Waals surface area contributed by atoms with Crippen molar-refractivity contribution in [2.45, 2.75) is 19.8 Å². The number of halogens is 1. The van der Waals surface area contributed by atoms with Gasteiger partial charge in [-0.1, -0.05) is 6.92 Å². The van der Waals surface area contributed by atoms with Crippen LogP contribution in [0.1, 0.15) is 24.7 Å². The standard InChI is InChI=1S/C15H16FN5/c1-3-4-13-20-14(18-2)8-15(21-13)19-12-6-5-10(9-17)7-11(12)16/h5-8H,3-4H2,1-2H3,(H2,18,19,20,21). The molecule has 2 rings (SSSR count). The Morgan fingerprint density at radius 2 is 2.00 bits per heavy atom. The number of nitrogens with one attached hydrogen (secondary N) is 2. The molecule has 5 nitrogen and oxygen atoms in total. The summed E-state index contributed by atoms with van der Waals surface area (Å²) in [7, 11) is 1.77. The van der Waals surface area contributed by atoms with Crippen LogP contribution >= 0.6 is 0 Å². The Morgan fingerprint density at radius 3 is 2.62 bits per heavy atom. The molecular weight excluding hydrogens is 269 g/mol. The van der Waals surface area contributed by atoms with Crippen LogP contribution in [-0.4, -0.2) is 17.0 Å². The van der Waals surface area contributed by atoms with E-state index in [4.69, 9.17) is 5.26 Å². The van der Waals surface area contributed by atoms with Crippen molar-refractivity contribution < 1.29 is 4.39 Å². The average molecular weight is 285 g/mol. The summed E-state index contributed by atoms with van der Waals surface area (Å²) >= 11 is 0.